The second kappa shape index (κ2) is 8.97. The molecule has 0 atom stereocenters. The Kier molecular flexibility index (Phi) is 5.73. The lowest BCUT2D eigenvalue weighted by Gasteiger charge is -2.14. The smallest absolute Gasteiger partial charge is 0.267 e. The van der Waals surface area contributed by atoms with Crippen molar-refractivity contribution >= 4 is 22.5 Å². The Morgan fingerprint density at radius 2 is 1.70 bits per heavy atom. The Labute approximate surface area is 195 Å². The minimum Gasteiger partial charge on any atom is -0.330 e. The van der Waals surface area contributed by atoms with Gasteiger partial charge < -0.3 is 9.88 Å². The first kappa shape index (κ1) is 21.1. The number of likely N-dealkylation sites (N-methyl/N-ethyl adjacent to an activating group) is 1. The average Bonchev–Trinajstić information content (AvgIpc) is 3.32. The number of rotatable bonds is 6. The van der Waals surface area contributed by atoms with Crippen LogP contribution in [0, 0.1) is 0 Å². The minimum absolute atomic E-state index is 0.183. The molecule has 0 aliphatic rings. The van der Waals surface area contributed by atoms with Crippen molar-refractivity contribution in [1.29, 1.82) is 0 Å². The van der Waals surface area contributed by atoms with Gasteiger partial charge >= 0.3 is 0 Å². The van der Waals surface area contributed by atoms with Crippen molar-refractivity contribution in [1.82, 2.24) is 29.4 Å². The fourth-order valence-electron chi connectivity index (χ4n) is 3.79. The van der Waals surface area contributed by atoms with E-state index in [1.54, 1.807) is 24.4 Å². The molecule has 1 N–H and O–H groups in total. The van der Waals surface area contributed by atoms with Gasteiger partial charge in [0, 0.05) is 42.8 Å². The molecule has 0 fully saturated rings. The highest BCUT2D eigenvalue weighted by atomic mass is 35.5. The highest BCUT2D eigenvalue weighted by Crippen LogP contribution is 2.25. The highest BCUT2D eigenvalue weighted by Gasteiger charge is 2.16. The number of hydrogen-bond acceptors (Lipinski definition) is 5. The van der Waals surface area contributed by atoms with Crippen LogP contribution in [-0.2, 0) is 6.54 Å². The van der Waals surface area contributed by atoms with Crippen LogP contribution >= 0.6 is 11.6 Å². The Hall–Kier alpha value is -3.81. The van der Waals surface area contributed by atoms with Gasteiger partial charge in [-0.15, -0.1) is 0 Å². The zero-order valence-electron chi connectivity index (χ0n) is 17.9. The molecule has 0 spiro atoms. The van der Waals surface area contributed by atoms with Crippen LogP contribution in [-0.4, -0.2) is 37.7 Å². The number of nitrogens with one attached hydrogen (secondary N) is 1. The van der Waals surface area contributed by atoms with Crippen molar-refractivity contribution in [3.05, 3.63) is 94.6 Å². The van der Waals surface area contributed by atoms with Gasteiger partial charge in [-0.25, -0.2) is 19.5 Å². The van der Waals surface area contributed by atoms with E-state index in [1.165, 1.54) is 10.8 Å². The maximum atomic E-state index is 13.4. The zero-order chi connectivity index (χ0) is 22.8. The molecule has 3 heterocycles. The van der Waals surface area contributed by atoms with E-state index in [-0.39, 0.29) is 5.56 Å². The summed E-state index contributed by atoms with van der Waals surface area (Å²) in [6, 6.07) is 18.6. The quantitative estimate of drug-likeness (QED) is 0.414. The number of benzene rings is 2. The molecule has 0 aliphatic heterocycles. The standard InChI is InChI=1S/C25H21ClN6O/c1-27-12-14-31-15-13-28-23(31)17-6-8-18(9-7-17)24-30-21-5-3-2-4-20(21)25(33)32(24)22-11-10-19(26)16-29-22/h2-11,13,15-16,27H,12,14H2,1H3. The number of fused-ring (bicyclic) bond motifs is 1. The SMILES string of the molecule is CNCCn1ccnc1-c1ccc(-c2nc3ccccc3c(=O)n2-c2ccc(Cl)cn2)cc1. The first-order valence-electron chi connectivity index (χ1n) is 10.6. The molecule has 164 valence electrons. The topological polar surface area (TPSA) is 77.6 Å². The molecule has 0 saturated carbocycles. The van der Waals surface area contributed by atoms with Gasteiger partial charge in [0.05, 0.1) is 15.9 Å². The molecular formula is C25H21ClN6O. The minimum atomic E-state index is -0.183. The van der Waals surface area contributed by atoms with Crippen molar-refractivity contribution in [3.63, 3.8) is 0 Å². The van der Waals surface area contributed by atoms with E-state index in [9.17, 15) is 4.79 Å². The van der Waals surface area contributed by atoms with Crippen molar-refractivity contribution in [2.24, 2.45) is 0 Å². The molecule has 5 rings (SSSR count). The summed E-state index contributed by atoms with van der Waals surface area (Å²) < 4.78 is 3.63. The maximum absolute atomic E-state index is 13.4. The third kappa shape index (κ3) is 4.04. The maximum Gasteiger partial charge on any atom is 0.267 e. The van der Waals surface area contributed by atoms with E-state index >= 15 is 0 Å². The Bertz CT molecular complexity index is 1470. The largest absolute Gasteiger partial charge is 0.330 e. The summed E-state index contributed by atoms with van der Waals surface area (Å²) >= 11 is 6.02. The van der Waals surface area contributed by atoms with E-state index in [4.69, 9.17) is 16.6 Å². The predicted octanol–water partition coefficient (Wildman–Crippen LogP) is 4.18. The van der Waals surface area contributed by atoms with Crippen molar-refractivity contribution in [2.45, 2.75) is 6.54 Å². The fraction of sp³-hybridized carbons (Fsp3) is 0.120. The molecule has 0 unspecified atom stereocenters. The summed E-state index contributed by atoms with van der Waals surface area (Å²) in [7, 11) is 1.93. The van der Waals surface area contributed by atoms with Crippen molar-refractivity contribution < 1.29 is 0 Å². The molecule has 7 nitrogen and oxygen atoms in total. The molecule has 0 bridgehead atoms. The number of pyridine rings is 1. The van der Waals surface area contributed by atoms with E-state index in [1.807, 2.05) is 55.7 Å². The van der Waals surface area contributed by atoms with Crippen LogP contribution in [0.25, 0.3) is 39.5 Å². The molecule has 0 radical (unpaired) electrons. The summed E-state index contributed by atoms with van der Waals surface area (Å²) in [5.41, 5.74) is 2.23. The molecule has 0 aliphatic carbocycles. The monoisotopic (exact) mass is 456 g/mol. The van der Waals surface area contributed by atoms with E-state index < -0.39 is 0 Å². The van der Waals surface area contributed by atoms with Crippen LogP contribution in [0.2, 0.25) is 5.02 Å². The lowest BCUT2D eigenvalue weighted by Crippen LogP contribution is -2.22. The fourth-order valence-corrected chi connectivity index (χ4v) is 3.90. The number of hydrogen-bond donors (Lipinski definition) is 1. The van der Waals surface area contributed by atoms with Crippen LogP contribution in [0.5, 0.6) is 0 Å². The second-order valence-corrected chi connectivity index (χ2v) is 7.99. The molecule has 33 heavy (non-hydrogen) atoms. The van der Waals surface area contributed by atoms with Crippen molar-refractivity contribution in [2.75, 3.05) is 13.6 Å². The van der Waals surface area contributed by atoms with Crippen LogP contribution in [0.15, 0.2) is 84.0 Å². The molecule has 0 saturated heterocycles. The summed E-state index contributed by atoms with van der Waals surface area (Å²) in [6.45, 7) is 1.67. The van der Waals surface area contributed by atoms with Crippen LogP contribution in [0.1, 0.15) is 0 Å². The van der Waals surface area contributed by atoms with Gasteiger partial charge in [-0.1, -0.05) is 48.0 Å². The van der Waals surface area contributed by atoms with Gasteiger partial charge in [-0.05, 0) is 31.3 Å². The summed E-state index contributed by atoms with van der Waals surface area (Å²) in [5.74, 6) is 1.86. The third-order valence-corrected chi connectivity index (χ3v) is 5.66. The van der Waals surface area contributed by atoms with Crippen LogP contribution < -0.4 is 10.9 Å². The molecule has 3 aromatic heterocycles. The number of halogens is 1. The normalized spacial score (nSPS) is 11.2. The second-order valence-electron chi connectivity index (χ2n) is 7.55. The predicted molar refractivity (Wildman–Crippen MR) is 131 cm³/mol. The number of nitrogens with zero attached hydrogens (tertiary/aromatic N) is 5. The highest BCUT2D eigenvalue weighted by molar-refractivity contribution is 6.30. The van der Waals surface area contributed by atoms with E-state index in [0.717, 1.165) is 30.0 Å². The average molecular weight is 457 g/mol. The first-order valence-corrected chi connectivity index (χ1v) is 10.9. The molecule has 8 heteroatoms. The summed E-state index contributed by atoms with van der Waals surface area (Å²) in [5, 5.41) is 4.19. The number of aromatic nitrogens is 5. The Balaban J connectivity index is 1.64. The lowest BCUT2D eigenvalue weighted by molar-refractivity contribution is 0.649. The summed E-state index contributed by atoms with van der Waals surface area (Å²) in [4.78, 5) is 27.1. The van der Waals surface area contributed by atoms with Gasteiger partial charge in [0.25, 0.3) is 5.56 Å². The Morgan fingerprint density at radius 1 is 0.939 bits per heavy atom. The van der Waals surface area contributed by atoms with Crippen molar-refractivity contribution in [3.8, 4) is 28.6 Å². The third-order valence-electron chi connectivity index (χ3n) is 5.44. The Morgan fingerprint density at radius 3 is 2.42 bits per heavy atom. The first-order chi connectivity index (χ1) is 16.2. The lowest BCUT2D eigenvalue weighted by atomic mass is 10.1. The van der Waals surface area contributed by atoms with Crippen LogP contribution in [0.4, 0.5) is 0 Å². The molecule has 0 amide bonds. The molecule has 2 aromatic carbocycles. The van der Waals surface area contributed by atoms with Gasteiger partial charge in [0.2, 0.25) is 0 Å². The zero-order valence-corrected chi connectivity index (χ0v) is 18.7. The van der Waals surface area contributed by atoms with Crippen LogP contribution in [0.3, 0.4) is 0 Å². The van der Waals surface area contributed by atoms with Gasteiger partial charge in [0.1, 0.15) is 17.5 Å². The van der Waals surface area contributed by atoms with Gasteiger partial charge in [-0.3, -0.25) is 4.79 Å². The van der Waals surface area contributed by atoms with E-state index in [2.05, 4.69) is 19.9 Å². The summed E-state index contributed by atoms with van der Waals surface area (Å²) in [6.07, 6.45) is 5.29. The molecule has 5 aromatic rings. The van der Waals surface area contributed by atoms with Gasteiger partial charge in [-0.2, -0.15) is 0 Å². The molecular weight excluding hydrogens is 436 g/mol. The van der Waals surface area contributed by atoms with Gasteiger partial charge in [0.15, 0.2) is 0 Å². The van der Waals surface area contributed by atoms with E-state index in [0.29, 0.717) is 27.6 Å². The number of imidazole rings is 1. The number of para-hydroxylation sites is 1.